The number of anilines is 1. The Hall–Kier alpha value is -4.07. The van der Waals surface area contributed by atoms with E-state index in [0.29, 0.717) is 28.3 Å². The van der Waals surface area contributed by atoms with Gasteiger partial charge in [0.05, 0.1) is 22.4 Å². The number of nitro groups is 1. The maximum absolute atomic E-state index is 12.0. The molecule has 1 N–H and O–H groups in total. The normalized spacial score (nSPS) is 14.5. The van der Waals surface area contributed by atoms with Crippen LogP contribution in [0.3, 0.4) is 0 Å². The lowest BCUT2D eigenvalue weighted by Crippen LogP contribution is -2.13. The predicted molar refractivity (Wildman–Crippen MR) is 100 cm³/mol. The first-order valence-corrected chi connectivity index (χ1v) is 7.99. The van der Waals surface area contributed by atoms with Gasteiger partial charge in [-0.15, -0.1) is 5.10 Å². The first-order valence-electron chi connectivity index (χ1n) is 7.99. The number of benzene rings is 2. The highest BCUT2D eigenvalue weighted by atomic mass is 16.6. The average molecular weight is 360 g/mol. The van der Waals surface area contributed by atoms with Gasteiger partial charge in [-0.2, -0.15) is 5.10 Å². The molecule has 8 heteroatoms. The van der Waals surface area contributed by atoms with E-state index in [9.17, 15) is 14.9 Å². The van der Waals surface area contributed by atoms with E-state index in [1.807, 2.05) is 12.1 Å². The van der Waals surface area contributed by atoms with Crippen molar-refractivity contribution in [3.63, 3.8) is 0 Å². The largest absolute Gasteiger partial charge is 0.455 e. The van der Waals surface area contributed by atoms with E-state index in [4.69, 9.17) is 4.42 Å². The van der Waals surface area contributed by atoms with Crippen molar-refractivity contribution in [1.82, 2.24) is 0 Å². The maximum atomic E-state index is 12.0. The Morgan fingerprint density at radius 3 is 2.56 bits per heavy atom. The summed E-state index contributed by atoms with van der Waals surface area (Å²) in [7, 11) is 0. The molecule has 0 saturated carbocycles. The smallest absolute Gasteiger partial charge is 0.280 e. The highest BCUT2D eigenvalue weighted by Gasteiger charge is 2.25. The number of hydrogen-bond acceptors (Lipinski definition) is 6. The molecule has 1 aromatic heterocycles. The Morgan fingerprint density at radius 1 is 1.00 bits per heavy atom. The van der Waals surface area contributed by atoms with Crippen LogP contribution in [0.2, 0.25) is 0 Å². The summed E-state index contributed by atoms with van der Waals surface area (Å²) in [5, 5.41) is 21.7. The van der Waals surface area contributed by atoms with Crippen LogP contribution in [0.1, 0.15) is 11.3 Å². The number of fused-ring (bicyclic) bond motifs is 1. The predicted octanol–water partition coefficient (Wildman–Crippen LogP) is 3.63. The Bertz CT molecular complexity index is 1110. The average Bonchev–Trinajstić information content (AvgIpc) is 3.26. The fraction of sp³-hybridized carbons (Fsp3) is 0. The number of carbonyl (C=O) groups excluding carboxylic acids is 1. The lowest BCUT2D eigenvalue weighted by Gasteiger charge is -1.98. The zero-order valence-electron chi connectivity index (χ0n) is 13.8. The van der Waals surface area contributed by atoms with Crippen LogP contribution in [-0.4, -0.2) is 22.8 Å². The third kappa shape index (κ3) is 3.11. The van der Waals surface area contributed by atoms with Crippen LogP contribution >= 0.6 is 0 Å². The van der Waals surface area contributed by atoms with Gasteiger partial charge in [0.25, 0.3) is 11.6 Å². The van der Waals surface area contributed by atoms with Gasteiger partial charge in [-0.25, -0.2) is 0 Å². The minimum absolute atomic E-state index is 0.0465. The van der Waals surface area contributed by atoms with Crippen LogP contribution in [0.4, 0.5) is 11.4 Å². The van der Waals surface area contributed by atoms with Gasteiger partial charge in [0.15, 0.2) is 5.71 Å². The van der Waals surface area contributed by atoms with Gasteiger partial charge in [0.2, 0.25) is 0 Å². The zero-order valence-corrected chi connectivity index (χ0v) is 13.8. The number of nitrogens with one attached hydrogen (secondary N) is 1. The molecular formula is C19H12N4O4. The molecule has 4 rings (SSSR count). The van der Waals surface area contributed by atoms with Gasteiger partial charge < -0.3 is 9.73 Å². The first kappa shape index (κ1) is 16.4. The number of amides is 1. The molecule has 0 spiro atoms. The van der Waals surface area contributed by atoms with E-state index in [1.165, 1.54) is 12.3 Å². The summed E-state index contributed by atoms with van der Waals surface area (Å²) in [4.78, 5) is 22.6. The third-order valence-electron chi connectivity index (χ3n) is 3.98. The summed E-state index contributed by atoms with van der Waals surface area (Å²) in [5.41, 5.74) is 1.91. The fourth-order valence-corrected chi connectivity index (χ4v) is 2.75. The number of furan rings is 1. The molecule has 1 aliphatic heterocycles. The van der Waals surface area contributed by atoms with Crippen molar-refractivity contribution in [3.05, 3.63) is 82.1 Å². The number of carbonyl (C=O) groups is 1. The maximum Gasteiger partial charge on any atom is 0.280 e. The van der Waals surface area contributed by atoms with Crippen LogP contribution in [0, 0.1) is 10.1 Å². The van der Waals surface area contributed by atoms with Crippen LogP contribution in [0.15, 0.2) is 75.3 Å². The molecule has 0 aliphatic carbocycles. The van der Waals surface area contributed by atoms with Crippen LogP contribution < -0.4 is 5.32 Å². The quantitative estimate of drug-likeness (QED) is 0.435. The molecule has 1 amide bonds. The van der Waals surface area contributed by atoms with Crippen molar-refractivity contribution in [2.24, 2.45) is 10.2 Å². The fourth-order valence-electron chi connectivity index (χ4n) is 2.75. The van der Waals surface area contributed by atoms with E-state index < -0.39 is 4.92 Å². The number of nitrogens with zero attached hydrogens (tertiary/aromatic N) is 3. The van der Waals surface area contributed by atoms with Crippen molar-refractivity contribution >= 4 is 29.2 Å². The highest BCUT2D eigenvalue weighted by molar-refractivity contribution is 6.53. The van der Waals surface area contributed by atoms with Gasteiger partial charge in [0, 0.05) is 11.6 Å². The van der Waals surface area contributed by atoms with Crippen molar-refractivity contribution in [2.75, 3.05) is 5.32 Å². The molecule has 0 saturated heterocycles. The van der Waals surface area contributed by atoms with Gasteiger partial charge in [0.1, 0.15) is 11.5 Å². The van der Waals surface area contributed by atoms with Crippen LogP contribution in [0.5, 0.6) is 0 Å². The highest BCUT2D eigenvalue weighted by Crippen LogP contribution is 2.30. The van der Waals surface area contributed by atoms with Gasteiger partial charge in [-0.1, -0.05) is 30.3 Å². The standard InChI is InChI=1S/C19H12N4O4/c24-19-18(13-5-1-3-7-15(13)21-19)22-20-11-12-9-10-17(27-12)14-6-2-4-8-16(14)23(25)26/h1-11H,(H,21,22,24)/b20-11-. The molecule has 0 fully saturated rings. The van der Waals surface area contributed by atoms with Crippen molar-refractivity contribution in [2.45, 2.75) is 0 Å². The molecular weight excluding hydrogens is 348 g/mol. The molecule has 2 aromatic carbocycles. The second kappa shape index (κ2) is 6.68. The molecule has 3 aromatic rings. The summed E-state index contributed by atoms with van der Waals surface area (Å²) >= 11 is 0. The van der Waals surface area contributed by atoms with E-state index in [0.717, 1.165) is 0 Å². The molecule has 0 bridgehead atoms. The Balaban J connectivity index is 1.59. The van der Waals surface area contributed by atoms with Crippen molar-refractivity contribution in [3.8, 4) is 11.3 Å². The van der Waals surface area contributed by atoms with E-state index in [1.54, 1.807) is 42.5 Å². The van der Waals surface area contributed by atoms with E-state index in [-0.39, 0.29) is 17.3 Å². The van der Waals surface area contributed by atoms with Crippen molar-refractivity contribution < 1.29 is 14.1 Å². The third-order valence-corrected chi connectivity index (χ3v) is 3.98. The molecule has 1 aliphatic rings. The number of para-hydroxylation sites is 2. The monoisotopic (exact) mass is 360 g/mol. The molecule has 0 unspecified atom stereocenters. The number of hydrogen-bond donors (Lipinski definition) is 1. The second-order valence-electron chi connectivity index (χ2n) is 5.67. The van der Waals surface area contributed by atoms with Gasteiger partial charge >= 0.3 is 0 Å². The summed E-state index contributed by atoms with van der Waals surface area (Å²) in [6.45, 7) is 0. The summed E-state index contributed by atoms with van der Waals surface area (Å²) < 4.78 is 5.60. The molecule has 0 radical (unpaired) electrons. The molecule has 8 nitrogen and oxygen atoms in total. The lowest BCUT2D eigenvalue weighted by molar-refractivity contribution is -0.384. The van der Waals surface area contributed by atoms with E-state index in [2.05, 4.69) is 15.5 Å². The number of nitro benzene ring substituents is 1. The Labute approximate surface area is 153 Å². The van der Waals surface area contributed by atoms with Gasteiger partial charge in [-0.3, -0.25) is 14.9 Å². The van der Waals surface area contributed by atoms with Crippen LogP contribution in [0.25, 0.3) is 11.3 Å². The first-order chi connectivity index (χ1) is 13.1. The topological polar surface area (TPSA) is 110 Å². The summed E-state index contributed by atoms with van der Waals surface area (Å²) in [6.07, 6.45) is 1.35. The summed E-state index contributed by atoms with van der Waals surface area (Å²) in [6, 6.07) is 16.7. The number of rotatable bonds is 4. The summed E-state index contributed by atoms with van der Waals surface area (Å²) in [5.74, 6) is 0.382. The van der Waals surface area contributed by atoms with E-state index >= 15 is 0 Å². The zero-order chi connectivity index (χ0) is 18.8. The lowest BCUT2D eigenvalue weighted by atomic mass is 10.1. The molecule has 2 heterocycles. The molecule has 0 atom stereocenters. The molecule has 27 heavy (non-hydrogen) atoms. The van der Waals surface area contributed by atoms with Crippen molar-refractivity contribution in [1.29, 1.82) is 0 Å². The Morgan fingerprint density at radius 2 is 1.74 bits per heavy atom. The van der Waals surface area contributed by atoms with Gasteiger partial charge in [-0.05, 0) is 24.3 Å². The minimum Gasteiger partial charge on any atom is -0.455 e. The minimum atomic E-state index is -0.465. The second-order valence-corrected chi connectivity index (χ2v) is 5.67. The SMILES string of the molecule is O=C1Nc2ccccc2/C1=N/N=C\c1ccc(-c2ccccc2[N+](=O)[O-])o1. The Kier molecular flexibility index (Phi) is 4.06. The molecule has 132 valence electrons. The van der Waals surface area contributed by atoms with Crippen LogP contribution in [-0.2, 0) is 4.79 Å².